The Balaban J connectivity index is 1.77. The number of likely N-dealkylation sites (tertiary alicyclic amines) is 1. The molecule has 2 N–H and O–H groups in total. The normalized spacial score (nSPS) is 16.8. The number of rotatable bonds is 6. The third-order valence-electron chi connectivity index (χ3n) is 6.26. The molecule has 1 amide bonds. The Morgan fingerprint density at radius 1 is 1.03 bits per heavy atom. The van der Waals surface area contributed by atoms with E-state index >= 15 is 0 Å². The molecule has 0 aromatic heterocycles. The van der Waals surface area contributed by atoms with E-state index in [1.807, 2.05) is 39.0 Å². The summed E-state index contributed by atoms with van der Waals surface area (Å²) < 4.78 is 29.1. The highest BCUT2D eigenvalue weighted by atomic mass is 32.2. The lowest BCUT2D eigenvalue weighted by Crippen LogP contribution is -2.43. The van der Waals surface area contributed by atoms with Gasteiger partial charge in [0.15, 0.2) is 0 Å². The molecule has 0 unspecified atom stereocenters. The van der Waals surface area contributed by atoms with Crippen LogP contribution >= 0.6 is 0 Å². The van der Waals surface area contributed by atoms with Gasteiger partial charge >= 0.3 is 0 Å². The van der Waals surface area contributed by atoms with Gasteiger partial charge in [-0.05, 0) is 101 Å². The first kappa shape index (κ1) is 23.4. The van der Waals surface area contributed by atoms with Crippen LogP contribution in [0.3, 0.4) is 0 Å². The molecule has 1 saturated heterocycles. The Kier molecular flexibility index (Phi) is 7.19. The van der Waals surface area contributed by atoms with Gasteiger partial charge in [-0.15, -0.1) is 0 Å². The number of nitrogens with one attached hydrogen (secondary N) is 2. The lowest BCUT2D eigenvalue weighted by molar-refractivity contribution is 0.102. The number of benzene rings is 2. The first-order valence-electron chi connectivity index (χ1n) is 10.8. The largest absolute Gasteiger partial charge is 0.322 e. The second-order valence-electron chi connectivity index (χ2n) is 8.75. The molecule has 6 nitrogen and oxygen atoms in total. The first-order chi connectivity index (χ1) is 14.6. The number of amides is 1. The van der Waals surface area contributed by atoms with E-state index in [-0.39, 0.29) is 16.8 Å². The second-order valence-corrected chi connectivity index (χ2v) is 10.4. The molecule has 168 valence electrons. The van der Waals surface area contributed by atoms with Crippen LogP contribution in [-0.4, -0.2) is 45.4 Å². The molecular formula is C24H33N3O3S. The molecule has 1 atom stereocenters. The summed E-state index contributed by atoms with van der Waals surface area (Å²) in [5, 5.41) is 2.92. The Labute approximate surface area is 186 Å². The van der Waals surface area contributed by atoms with E-state index in [4.69, 9.17) is 0 Å². The average Bonchev–Trinajstić information content (AvgIpc) is 2.70. The van der Waals surface area contributed by atoms with E-state index < -0.39 is 10.0 Å². The molecule has 0 spiro atoms. The van der Waals surface area contributed by atoms with Gasteiger partial charge in [-0.25, -0.2) is 13.1 Å². The van der Waals surface area contributed by atoms with Gasteiger partial charge in [0.05, 0.1) is 4.90 Å². The number of hydrogen-bond donors (Lipinski definition) is 2. The number of aryl methyl sites for hydroxylation is 3. The summed E-state index contributed by atoms with van der Waals surface area (Å²) in [5.74, 6) is 0.130. The van der Waals surface area contributed by atoms with Crippen molar-refractivity contribution in [3.63, 3.8) is 0 Å². The number of piperidine rings is 1. The van der Waals surface area contributed by atoms with Gasteiger partial charge in [0.25, 0.3) is 5.91 Å². The number of sulfonamides is 1. The summed E-state index contributed by atoms with van der Waals surface area (Å²) >= 11 is 0. The highest BCUT2D eigenvalue weighted by Crippen LogP contribution is 2.27. The number of anilines is 1. The van der Waals surface area contributed by atoms with Crippen LogP contribution in [0.1, 0.15) is 46.8 Å². The van der Waals surface area contributed by atoms with Gasteiger partial charge in [-0.3, -0.25) is 4.79 Å². The van der Waals surface area contributed by atoms with Crippen molar-refractivity contribution in [1.29, 1.82) is 0 Å². The standard InChI is InChI=1S/C24H33N3O3S/c1-16-8-6-7-9-21(16)24(28)25-22-14-18(3)23(15-17(22)2)31(29,30)26-19(4)20-10-12-27(5)13-11-20/h6-9,14-15,19-20,26H,10-13H2,1-5H3,(H,25,28)/t19-/m1/s1. The second kappa shape index (κ2) is 9.51. The van der Waals surface area contributed by atoms with Crippen molar-refractivity contribution >= 4 is 21.6 Å². The summed E-state index contributed by atoms with van der Waals surface area (Å²) in [7, 11) is -1.56. The maximum Gasteiger partial charge on any atom is 0.255 e. The van der Waals surface area contributed by atoms with Crippen molar-refractivity contribution in [2.75, 3.05) is 25.5 Å². The molecule has 2 aromatic rings. The third kappa shape index (κ3) is 5.53. The van der Waals surface area contributed by atoms with Crippen LogP contribution in [0.15, 0.2) is 41.3 Å². The van der Waals surface area contributed by atoms with Crippen LogP contribution in [0.25, 0.3) is 0 Å². The lowest BCUT2D eigenvalue weighted by atomic mass is 9.91. The number of hydrogen-bond acceptors (Lipinski definition) is 4. The molecule has 31 heavy (non-hydrogen) atoms. The minimum atomic E-state index is -3.66. The molecule has 3 rings (SSSR count). The summed E-state index contributed by atoms with van der Waals surface area (Å²) in [6.07, 6.45) is 1.98. The molecule has 1 fully saturated rings. The monoisotopic (exact) mass is 443 g/mol. The molecule has 7 heteroatoms. The van der Waals surface area contributed by atoms with Gasteiger partial charge in [-0.1, -0.05) is 18.2 Å². The van der Waals surface area contributed by atoms with E-state index in [0.717, 1.165) is 31.5 Å². The van der Waals surface area contributed by atoms with Crippen molar-refractivity contribution in [2.24, 2.45) is 5.92 Å². The summed E-state index contributed by atoms with van der Waals surface area (Å²) in [5.41, 5.74) is 3.42. The maximum atomic E-state index is 13.1. The molecule has 1 aliphatic rings. The number of nitrogens with zero attached hydrogens (tertiary/aromatic N) is 1. The Morgan fingerprint density at radius 3 is 2.32 bits per heavy atom. The summed E-state index contributed by atoms with van der Waals surface area (Å²) in [6, 6.07) is 10.6. The molecule has 1 heterocycles. The van der Waals surface area contributed by atoms with Crippen LogP contribution in [0.4, 0.5) is 5.69 Å². The maximum absolute atomic E-state index is 13.1. The zero-order valence-electron chi connectivity index (χ0n) is 19.0. The van der Waals surface area contributed by atoms with Gasteiger partial charge in [0.2, 0.25) is 10.0 Å². The van der Waals surface area contributed by atoms with Crippen LogP contribution < -0.4 is 10.0 Å². The summed E-state index contributed by atoms with van der Waals surface area (Å²) in [6.45, 7) is 9.39. The van der Waals surface area contributed by atoms with E-state index in [2.05, 4.69) is 22.0 Å². The molecule has 0 aliphatic carbocycles. The fourth-order valence-electron chi connectivity index (χ4n) is 4.16. The van der Waals surface area contributed by atoms with E-state index in [9.17, 15) is 13.2 Å². The van der Waals surface area contributed by atoms with Crippen molar-refractivity contribution in [2.45, 2.75) is 51.5 Å². The minimum absolute atomic E-state index is 0.126. The van der Waals surface area contributed by atoms with Gasteiger partial charge < -0.3 is 10.2 Å². The number of carbonyl (C=O) groups excluding carboxylic acids is 1. The Hall–Kier alpha value is -2.22. The predicted molar refractivity (Wildman–Crippen MR) is 125 cm³/mol. The van der Waals surface area contributed by atoms with E-state index in [1.54, 1.807) is 25.1 Å². The van der Waals surface area contributed by atoms with Crippen LogP contribution in [-0.2, 0) is 10.0 Å². The van der Waals surface area contributed by atoms with E-state index in [1.165, 1.54) is 0 Å². The van der Waals surface area contributed by atoms with Crippen LogP contribution in [0, 0.1) is 26.7 Å². The Bertz CT molecular complexity index is 1060. The highest BCUT2D eigenvalue weighted by Gasteiger charge is 2.27. The fourth-order valence-corrected chi connectivity index (χ4v) is 5.79. The van der Waals surface area contributed by atoms with E-state index in [0.29, 0.717) is 28.3 Å². The van der Waals surface area contributed by atoms with Crippen LogP contribution in [0.2, 0.25) is 0 Å². The van der Waals surface area contributed by atoms with Gasteiger partial charge in [0.1, 0.15) is 0 Å². The SMILES string of the molecule is Cc1cc(S(=O)(=O)N[C@H](C)C2CCN(C)CC2)c(C)cc1NC(=O)c1ccccc1C. The summed E-state index contributed by atoms with van der Waals surface area (Å²) in [4.78, 5) is 15.2. The molecule has 0 saturated carbocycles. The molecular weight excluding hydrogens is 410 g/mol. The fraction of sp³-hybridized carbons (Fsp3) is 0.458. The van der Waals surface area contributed by atoms with Crippen molar-refractivity contribution in [1.82, 2.24) is 9.62 Å². The van der Waals surface area contributed by atoms with Gasteiger partial charge in [-0.2, -0.15) is 0 Å². The quantitative estimate of drug-likeness (QED) is 0.710. The van der Waals surface area contributed by atoms with Crippen molar-refractivity contribution in [3.05, 3.63) is 58.7 Å². The van der Waals surface area contributed by atoms with Gasteiger partial charge in [0, 0.05) is 17.3 Å². The molecule has 2 aromatic carbocycles. The minimum Gasteiger partial charge on any atom is -0.322 e. The van der Waals surface area contributed by atoms with Crippen LogP contribution in [0.5, 0.6) is 0 Å². The zero-order valence-corrected chi connectivity index (χ0v) is 19.8. The third-order valence-corrected chi connectivity index (χ3v) is 7.96. The topological polar surface area (TPSA) is 78.5 Å². The average molecular weight is 444 g/mol. The molecule has 0 bridgehead atoms. The lowest BCUT2D eigenvalue weighted by Gasteiger charge is -2.33. The molecule has 0 radical (unpaired) electrons. The number of carbonyl (C=O) groups is 1. The van der Waals surface area contributed by atoms with Crippen molar-refractivity contribution in [3.8, 4) is 0 Å². The highest BCUT2D eigenvalue weighted by molar-refractivity contribution is 7.89. The first-order valence-corrected chi connectivity index (χ1v) is 12.3. The predicted octanol–water partition coefficient (Wildman–Crippen LogP) is 3.87. The zero-order chi connectivity index (χ0) is 22.8. The Morgan fingerprint density at radius 2 is 1.68 bits per heavy atom. The molecule has 1 aliphatic heterocycles. The smallest absolute Gasteiger partial charge is 0.255 e. The van der Waals surface area contributed by atoms with Crippen molar-refractivity contribution < 1.29 is 13.2 Å².